The Morgan fingerprint density at radius 3 is 2.81 bits per heavy atom. The summed E-state index contributed by atoms with van der Waals surface area (Å²) in [6, 6.07) is 11.4. The first kappa shape index (κ1) is 21.8. The number of nitrogens with zero attached hydrogens (tertiary/aromatic N) is 2. The highest BCUT2D eigenvalue weighted by atomic mass is 16.5. The molecule has 1 fully saturated rings. The van der Waals surface area contributed by atoms with Crippen molar-refractivity contribution < 1.29 is 23.7 Å². The Hall–Kier alpha value is -3.39. The summed E-state index contributed by atoms with van der Waals surface area (Å²) in [7, 11) is 3.24. The molecule has 2 aromatic heterocycles. The predicted molar refractivity (Wildman–Crippen MR) is 120 cm³/mol. The second-order valence-corrected chi connectivity index (χ2v) is 7.82. The molecule has 0 radical (unpaired) electrons. The van der Waals surface area contributed by atoms with Crippen LogP contribution >= 0.6 is 0 Å². The lowest BCUT2D eigenvalue weighted by Crippen LogP contribution is -2.18. The zero-order chi connectivity index (χ0) is 22.5. The monoisotopic (exact) mass is 437 g/mol. The van der Waals surface area contributed by atoms with Crippen molar-refractivity contribution in [2.75, 3.05) is 34.0 Å². The third-order valence-electron chi connectivity index (χ3n) is 5.27. The molecular weight excluding hydrogens is 410 g/mol. The fraction of sp³-hybridized carbons (Fsp3) is 0.375. The molecule has 1 amide bonds. The molecule has 1 aromatic carbocycles. The van der Waals surface area contributed by atoms with Gasteiger partial charge in [0.25, 0.3) is 0 Å². The third kappa shape index (κ3) is 4.91. The maximum atomic E-state index is 11.5. The summed E-state index contributed by atoms with van der Waals surface area (Å²) in [5.74, 6) is 1.92. The summed E-state index contributed by atoms with van der Waals surface area (Å²) in [4.78, 5) is 20.7. The van der Waals surface area contributed by atoms with E-state index in [0.29, 0.717) is 49.3 Å². The molecule has 4 rings (SSSR count). The number of rotatable bonds is 9. The van der Waals surface area contributed by atoms with Gasteiger partial charge in [-0.2, -0.15) is 0 Å². The highest BCUT2D eigenvalue weighted by Crippen LogP contribution is 2.35. The smallest absolute Gasteiger partial charge is 0.223 e. The summed E-state index contributed by atoms with van der Waals surface area (Å²) >= 11 is 0. The van der Waals surface area contributed by atoms with Gasteiger partial charge in [-0.05, 0) is 43.3 Å². The molecule has 1 N–H and O–H groups in total. The fourth-order valence-electron chi connectivity index (χ4n) is 3.69. The van der Waals surface area contributed by atoms with Crippen LogP contribution in [0.15, 0.2) is 42.6 Å². The van der Waals surface area contributed by atoms with Gasteiger partial charge in [-0.25, -0.2) is 4.98 Å². The zero-order valence-electron chi connectivity index (χ0n) is 18.5. The molecule has 3 heterocycles. The number of methoxy groups -OCH3 is 2. The first-order valence-electron chi connectivity index (χ1n) is 10.6. The van der Waals surface area contributed by atoms with Crippen molar-refractivity contribution in [3.05, 3.63) is 42.6 Å². The minimum atomic E-state index is -0.111. The van der Waals surface area contributed by atoms with Gasteiger partial charge in [-0.1, -0.05) is 0 Å². The van der Waals surface area contributed by atoms with Crippen LogP contribution < -0.4 is 19.5 Å². The molecule has 0 unspecified atom stereocenters. The van der Waals surface area contributed by atoms with Crippen molar-refractivity contribution in [2.45, 2.75) is 19.4 Å². The number of pyridine rings is 2. The van der Waals surface area contributed by atoms with Gasteiger partial charge in [0, 0.05) is 37.8 Å². The second-order valence-electron chi connectivity index (χ2n) is 7.82. The van der Waals surface area contributed by atoms with E-state index < -0.39 is 0 Å². The predicted octanol–water partition coefficient (Wildman–Crippen LogP) is 3.23. The molecule has 0 spiro atoms. The molecule has 32 heavy (non-hydrogen) atoms. The number of ether oxygens (including phenoxy) is 4. The molecular formula is C24H27N3O5. The van der Waals surface area contributed by atoms with E-state index in [1.54, 1.807) is 20.4 Å². The first-order valence-corrected chi connectivity index (χ1v) is 10.6. The highest BCUT2D eigenvalue weighted by Gasteiger charge is 2.23. The van der Waals surface area contributed by atoms with Crippen molar-refractivity contribution in [2.24, 2.45) is 5.92 Å². The Kier molecular flexibility index (Phi) is 6.70. The largest absolute Gasteiger partial charge is 0.493 e. The number of carbonyl (C=O) groups excluding carboxylic acids is 1. The van der Waals surface area contributed by atoms with E-state index in [-0.39, 0.29) is 17.9 Å². The number of hydrogen-bond acceptors (Lipinski definition) is 7. The standard InChI is InChI=1S/C24H27N3O5/c1-15(13-29-2)32-21-7-6-17(10-22(21)30-3)19-11-20-18(5-4-8-25-20)24(27-19)31-14-16-9-23(28)26-12-16/h4-8,10-11,15-16H,9,12-14H2,1-3H3,(H,26,28)/t15-,16-/m1/s1. The quantitative estimate of drug-likeness (QED) is 0.549. The van der Waals surface area contributed by atoms with Crippen molar-refractivity contribution in [3.8, 4) is 28.6 Å². The Morgan fingerprint density at radius 2 is 2.06 bits per heavy atom. The minimum Gasteiger partial charge on any atom is -0.493 e. The summed E-state index contributed by atoms with van der Waals surface area (Å²) in [6.07, 6.45) is 2.10. The van der Waals surface area contributed by atoms with Crippen LogP contribution in [0.3, 0.4) is 0 Å². The molecule has 168 valence electrons. The van der Waals surface area contributed by atoms with Gasteiger partial charge in [0.1, 0.15) is 6.10 Å². The van der Waals surface area contributed by atoms with Crippen LogP contribution in [0, 0.1) is 5.92 Å². The summed E-state index contributed by atoms with van der Waals surface area (Å²) in [5.41, 5.74) is 2.34. The van der Waals surface area contributed by atoms with E-state index in [9.17, 15) is 4.79 Å². The van der Waals surface area contributed by atoms with Crippen molar-refractivity contribution in [3.63, 3.8) is 0 Å². The summed E-state index contributed by atoms with van der Waals surface area (Å²) in [6.45, 7) is 3.44. The Labute approximate surface area is 186 Å². The van der Waals surface area contributed by atoms with Crippen molar-refractivity contribution >= 4 is 16.8 Å². The lowest BCUT2D eigenvalue weighted by molar-refractivity contribution is -0.119. The third-order valence-corrected chi connectivity index (χ3v) is 5.27. The first-order chi connectivity index (χ1) is 15.6. The minimum absolute atomic E-state index is 0.0565. The summed E-state index contributed by atoms with van der Waals surface area (Å²) in [5, 5.41) is 3.66. The van der Waals surface area contributed by atoms with E-state index >= 15 is 0 Å². The molecule has 0 saturated carbocycles. The Morgan fingerprint density at radius 1 is 1.19 bits per heavy atom. The molecule has 0 aliphatic carbocycles. The molecule has 0 bridgehead atoms. The van der Waals surface area contributed by atoms with Gasteiger partial charge >= 0.3 is 0 Å². The number of amides is 1. The average molecular weight is 437 g/mol. The normalized spacial score (nSPS) is 16.6. The maximum absolute atomic E-state index is 11.5. The molecule has 1 saturated heterocycles. The van der Waals surface area contributed by atoms with Crippen LogP contribution in [0.1, 0.15) is 13.3 Å². The van der Waals surface area contributed by atoms with Gasteiger partial charge in [0.2, 0.25) is 11.8 Å². The Bertz CT molecular complexity index is 1100. The summed E-state index contributed by atoms with van der Waals surface area (Å²) < 4.78 is 22.7. The number of hydrogen-bond donors (Lipinski definition) is 1. The van der Waals surface area contributed by atoms with Crippen molar-refractivity contribution in [1.29, 1.82) is 0 Å². The topological polar surface area (TPSA) is 91.8 Å². The average Bonchev–Trinajstić information content (AvgIpc) is 3.22. The Balaban J connectivity index is 1.64. The van der Waals surface area contributed by atoms with Crippen molar-refractivity contribution in [1.82, 2.24) is 15.3 Å². The van der Waals surface area contributed by atoms with E-state index in [1.807, 2.05) is 43.3 Å². The van der Waals surface area contributed by atoms with Crippen LogP contribution in [0.2, 0.25) is 0 Å². The molecule has 1 aliphatic heterocycles. The van der Waals surface area contributed by atoms with E-state index in [1.165, 1.54) is 0 Å². The molecule has 8 nitrogen and oxygen atoms in total. The van der Waals surface area contributed by atoms with E-state index in [2.05, 4.69) is 10.3 Å². The lowest BCUT2D eigenvalue weighted by Gasteiger charge is -2.17. The van der Waals surface area contributed by atoms with E-state index in [0.717, 1.165) is 16.5 Å². The zero-order valence-corrected chi connectivity index (χ0v) is 18.5. The SMILES string of the molecule is COC[C@@H](C)Oc1ccc(-c2cc3ncccc3c(OC[C@H]3CNC(=O)C3)n2)cc1OC. The lowest BCUT2D eigenvalue weighted by atomic mass is 10.1. The van der Waals surface area contributed by atoms with Crippen LogP contribution in [0.25, 0.3) is 22.2 Å². The molecule has 2 atom stereocenters. The number of carbonyl (C=O) groups is 1. The van der Waals surface area contributed by atoms with Gasteiger partial charge in [-0.3, -0.25) is 9.78 Å². The van der Waals surface area contributed by atoms with Gasteiger partial charge in [0.15, 0.2) is 11.5 Å². The van der Waals surface area contributed by atoms with Crippen LogP contribution in [-0.2, 0) is 9.53 Å². The van der Waals surface area contributed by atoms with Crippen LogP contribution in [0.5, 0.6) is 17.4 Å². The van der Waals surface area contributed by atoms with Crippen LogP contribution in [-0.4, -0.2) is 56.0 Å². The second kappa shape index (κ2) is 9.82. The van der Waals surface area contributed by atoms with Crippen LogP contribution in [0.4, 0.5) is 0 Å². The van der Waals surface area contributed by atoms with Gasteiger partial charge < -0.3 is 24.3 Å². The molecule has 8 heteroatoms. The highest BCUT2D eigenvalue weighted by molar-refractivity contribution is 5.87. The fourth-order valence-corrected chi connectivity index (χ4v) is 3.69. The number of benzene rings is 1. The maximum Gasteiger partial charge on any atom is 0.223 e. The molecule has 3 aromatic rings. The van der Waals surface area contributed by atoms with E-state index in [4.69, 9.17) is 23.9 Å². The number of fused-ring (bicyclic) bond motifs is 1. The molecule has 1 aliphatic rings. The van der Waals surface area contributed by atoms with Gasteiger partial charge in [0.05, 0.1) is 36.9 Å². The number of nitrogens with one attached hydrogen (secondary N) is 1. The number of aromatic nitrogens is 2. The van der Waals surface area contributed by atoms with Gasteiger partial charge in [-0.15, -0.1) is 0 Å².